The number of aromatic nitrogens is 2. The third-order valence-electron chi connectivity index (χ3n) is 6.42. The molecule has 174 valence electrons. The van der Waals surface area contributed by atoms with Gasteiger partial charge in [-0.3, -0.25) is 0 Å². The Morgan fingerprint density at radius 1 is 1.00 bits per heavy atom. The third kappa shape index (κ3) is 6.94. The number of nitrogens with one attached hydrogen (secondary N) is 2. The molecular weight excluding hydrogens is 496 g/mol. The summed E-state index contributed by atoms with van der Waals surface area (Å²) in [5.74, 6) is 2.82. The van der Waals surface area contributed by atoms with Gasteiger partial charge in [-0.25, -0.2) is 9.97 Å². The van der Waals surface area contributed by atoms with E-state index in [9.17, 15) is 0 Å². The Bertz CT molecular complexity index is 1050. The molecule has 0 amide bonds. The van der Waals surface area contributed by atoms with Crippen LogP contribution in [0.2, 0.25) is 5.02 Å². The summed E-state index contributed by atoms with van der Waals surface area (Å²) in [7, 11) is 0. The Morgan fingerprint density at radius 2 is 1.73 bits per heavy atom. The first-order valence-electron chi connectivity index (χ1n) is 11.8. The Hall–Kier alpha value is -2.11. The second-order valence-electron chi connectivity index (χ2n) is 9.09. The van der Waals surface area contributed by atoms with Crippen LogP contribution in [0.5, 0.6) is 0 Å². The van der Waals surface area contributed by atoms with E-state index in [4.69, 9.17) is 16.6 Å². The molecule has 1 fully saturated rings. The van der Waals surface area contributed by atoms with E-state index in [1.165, 1.54) is 43.2 Å². The lowest BCUT2D eigenvalue weighted by Crippen LogP contribution is -2.27. The monoisotopic (exact) mass is 526 g/mol. The normalized spacial score (nSPS) is 16.2. The number of anilines is 2. The Labute approximate surface area is 210 Å². The summed E-state index contributed by atoms with van der Waals surface area (Å²) >= 11 is 9.76. The standard InChI is InChI=1S/C27H32BrClN4/c1-18(30-26-17-27(32-19(2)31-26)33-24-9-4-3-5-10-24)25(21-7-6-8-22(28)16-21)15-20-11-13-23(29)14-12-20/h6-8,11-14,16-18,24-25H,3-5,9-10,15H2,1-2H3,(H2,30,31,32,33)/t18-,25+/m0/s1. The van der Waals surface area contributed by atoms with Crippen molar-refractivity contribution in [3.05, 3.63) is 81.0 Å². The molecule has 0 radical (unpaired) electrons. The van der Waals surface area contributed by atoms with E-state index in [0.29, 0.717) is 6.04 Å². The molecule has 2 atom stereocenters. The van der Waals surface area contributed by atoms with Crippen molar-refractivity contribution in [2.75, 3.05) is 10.6 Å². The van der Waals surface area contributed by atoms with Gasteiger partial charge < -0.3 is 10.6 Å². The van der Waals surface area contributed by atoms with E-state index in [1.54, 1.807) is 0 Å². The summed E-state index contributed by atoms with van der Waals surface area (Å²) in [6.45, 7) is 4.19. The average Bonchev–Trinajstić information content (AvgIpc) is 2.79. The van der Waals surface area contributed by atoms with Crippen LogP contribution in [0.15, 0.2) is 59.1 Å². The first-order valence-corrected chi connectivity index (χ1v) is 13.0. The van der Waals surface area contributed by atoms with E-state index < -0.39 is 0 Å². The number of benzene rings is 2. The lowest BCUT2D eigenvalue weighted by Gasteiger charge is -2.27. The smallest absolute Gasteiger partial charge is 0.132 e. The zero-order valence-corrected chi connectivity index (χ0v) is 21.7. The molecule has 6 heteroatoms. The first kappa shape index (κ1) is 24.0. The number of halogens is 2. The summed E-state index contributed by atoms with van der Waals surface area (Å²) in [6, 6.07) is 19.4. The largest absolute Gasteiger partial charge is 0.367 e. The second-order valence-corrected chi connectivity index (χ2v) is 10.4. The highest BCUT2D eigenvalue weighted by molar-refractivity contribution is 9.10. The average molecular weight is 528 g/mol. The second kappa shape index (κ2) is 11.3. The quantitative estimate of drug-likeness (QED) is 0.314. The van der Waals surface area contributed by atoms with Crippen LogP contribution < -0.4 is 10.6 Å². The maximum atomic E-state index is 6.12. The number of hydrogen-bond acceptors (Lipinski definition) is 4. The summed E-state index contributed by atoms with van der Waals surface area (Å²) in [4.78, 5) is 9.34. The van der Waals surface area contributed by atoms with Gasteiger partial charge in [-0.05, 0) is 68.5 Å². The van der Waals surface area contributed by atoms with Crippen molar-refractivity contribution >= 4 is 39.2 Å². The van der Waals surface area contributed by atoms with E-state index >= 15 is 0 Å². The minimum absolute atomic E-state index is 0.159. The predicted molar refractivity (Wildman–Crippen MR) is 142 cm³/mol. The SMILES string of the molecule is Cc1nc(NC2CCCCC2)cc(N[C@@H](C)[C@@H](Cc2ccc(Cl)cc2)c2cccc(Br)c2)n1. The third-order valence-corrected chi connectivity index (χ3v) is 7.17. The Balaban J connectivity index is 1.54. The molecule has 3 aromatic rings. The zero-order chi connectivity index (χ0) is 23.2. The van der Waals surface area contributed by atoms with Gasteiger partial charge in [0.25, 0.3) is 0 Å². The molecule has 4 rings (SSSR count). The summed E-state index contributed by atoms with van der Waals surface area (Å²) in [6.07, 6.45) is 7.27. The minimum atomic E-state index is 0.159. The van der Waals surface area contributed by atoms with Gasteiger partial charge in [0.1, 0.15) is 17.5 Å². The highest BCUT2D eigenvalue weighted by Gasteiger charge is 2.22. The molecule has 1 aliphatic carbocycles. The van der Waals surface area contributed by atoms with Crippen molar-refractivity contribution < 1.29 is 0 Å². The molecular formula is C27H32BrClN4. The maximum Gasteiger partial charge on any atom is 0.132 e. The van der Waals surface area contributed by atoms with Crippen molar-refractivity contribution in [1.82, 2.24) is 9.97 Å². The maximum absolute atomic E-state index is 6.12. The van der Waals surface area contributed by atoms with Crippen LogP contribution in [0.3, 0.4) is 0 Å². The Morgan fingerprint density at radius 3 is 2.45 bits per heavy atom. The Kier molecular flexibility index (Phi) is 8.26. The fourth-order valence-corrected chi connectivity index (χ4v) is 5.24. The van der Waals surface area contributed by atoms with Gasteiger partial charge in [-0.1, -0.05) is 71.1 Å². The fraction of sp³-hybridized carbons (Fsp3) is 0.407. The number of nitrogens with zero attached hydrogens (tertiary/aromatic N) is 2. The molecule has 0 aliphatic heterocycles. The topological polar surface area (TPSA) is 49.8 Å². The lowest BCUT2D eigenvalue weighted by molar-refractivity contribution is 0.461. The van der Waals surface area contributed by atoms with E-state index in [-0.39, 0.29) is 12.0 Å². The molecule has 1 saturated carbocycles. The minimum Gasteiger partial charge on any atom is -0.367 e. The van der Waals surface area contributed by atoms with Gasteiger partial charge in [-0.15, -0.1) is 0 Å². The van der Waals surface area contributed by atoms with E-state index in [1.807, 2.05) is 19.1 Å². The lowest BCUT2D eigenvalue weighted by atomic mass is 9.86. The van der Waals surface area contributed by atoms with Gasteiger partial charge in [0.15, 0.2) is 0 Å². The predicted octanol–water partition coefficient (Wildman–Crippen LogP) is 7.77. The number of hydrogen-bond donors (Lipinski definition) is 2. The van der Waals surface area contributed by atoms with Crippen molar-refractivity contribution in [2.45, 2.75) is 70.4 Å². The highest BCUT2D eigenvalue weighted by atomic mass is 79.9. The molecule has 2 N–H and O–H groups in total. The molecule has 1 aliphatic rings. The molecule has 0 bridgehead atoms. The van der Waals surface area contributed by atoms with Crippen LogP contribution in [0.1, 0.15) is 61.9 Å². The molecule has 0 saturated heterocycles. The number of rotatable bonds is 8. The van der Waals surface area contributed by atoms with Crippen LogP contribution in [-0.2, 0) is 6.42 Å². The highest BCUT2D eigenvalue weighted by Crippen LogP contribution is 2.30. The van der Waals surface area contributed by atoms with Crippen LogP contribution in [0.25, 0.3) is 0 Å². The van der Waals surface area contributed by atoms with Gasteiger partial charge >= 0.3 is 0 Å². The molecule has 1 aromatic heterocycles. The van der Waals surface area contributed by atoms with Crippen LogP contribution >= 0.6 is 27.5 Å². The molecule has 1 heterocycles. The van der Waals surface area contributed by atoms with E-state index in [0.717, 1.165) is 33.4 Å². The van der Waals surface area contributed by atoms with Crippen LogP contribution in [0, 0.1) is 6.92 Å². The van der Waals surface area contributed by atoms with Gasteiger partial charge in [0.2, 0.25) is 0 Å². The van der Waals surface area contributed by atoms with Crippen LogP contribution in [-0.4, -0.2) is 22.1 Å². The summed E-state index contributed by atoms with van der Waals surface area (Å²) in [5, 5.41) is 8.08. The van der Waals surface area contributed by atoms with E-state index in [2.05, 4.69) is 80.9 Å². The fourth-order valence-electron chi connectivity index (χ4n) is 4.70. The van der Waals surface area contributed by atoms with Crippen molar-refractivity contribution in [1.29, 1.82) is 0 Å². The van der Waals surface area contributed by atoms with Gasteiger partial charge in [0.05, 0.1) is 0 Å². The molecule has 33 heavy (non-hydrogen) atoms. The van der Waals surface area contributed by atoms with Crippen molar-refractivity contribution in [3.8, 4) is 0 Å². The van der Waals surface area contributed by atoms with Crippen molar-refractivity contribution in [2.24, 2.45) is 0 Å². The van der Waals surface area contributed by atoms with Gasteiger partial charge in [-0.2, -0.15) is 0 Å². The van der Waals surface area contributed by atoms with Crippen molar-refractivity contribution in [3.63, 3.8) is 0 Å². The zero-order valence-electron chi connectivity index (χ0n) is 19.3. The molecule has 0 unspecified atom stereocenters. The number of aryl methyl sites for hydroxylation is 1. The van der Waals surface area contributed by atoms with Crippen LogP contribution in [0.4, 0.5) is 11.6 Å². The van der Waals surface area contributed by atoms with Gasteiger partial charge in [0, 0.05) is 33.6 Å². The molecule has 4 nitrogen and oxygen atoms in total. The summed E-state index contributed by atoms with van der Waals surface area (Å²) < 4.78 is 1.09. The summed E-state index contributed by atoms with van der Waals surface area (Å²) in [5.41, 5.74) is 2.54. The molecule has 2 aromatic carbocycles. The molecule has 0 spiro atoms. The first-order chi connectivity index (χ1) is 16.0.